The highest BCUT2D eigenvalue weighted by Gasteiger charge is 2.03. The second-order valence-electron chi connectivity index (χ2n) is 3.17. The molecule has 0 spiro atoms. The molecule has 0 saturated heterocycles. The van der Waals surface area contributed by atoms with Crippen molar-refractivity contribution in [1.82, 2.24) is 4.98 Å². The van der Waals surface area contributed by atoms with Gasteiger partial charge in [0.25, 0.3) is 0 Å². The zero-order valence-electron chi connectivity index (χ0n) is 8.47. The van der Waals surface area contributed by atoms with E-state index in [1.807, 2.05) is 36.4 Å². The Balaban J connectivity index is 2.49. The molecule has 0 atom stereocenters. The van der Waals surface area contributed by atoms with Crippen LogP contribution in [0, 0.1) is 0 Å². The minimum absolute atomic E-state index is 0.721. The van der Waals surface area contributed by atoms with Crippen LogP contribution in [0.25, 0.3) is 11.3 Å². The van der Waals surface area contributed by atoms with E-state index in [4.69, 9.17) is 10.5 Å². The number of benzene rings is 1. The van der Waals surface area contributed by atoms with Crippen LogP contribution in [0.15, 0.2) is 42.6 Å². The van der Waals surface area contributed by atoms with E-state index in [0.29, 0.717) is 0 Å². The summed E-state index contributed by atoms with van der Waals surface area (Å²) >= 11 is 0. The molecule has 1 heterocycles. The van der Waals surface area contributed by atoms with Gasteiger partial charge in [-0.3, -0.25) is 4.98 Å². The summed E-state index contributed by atoms with van der Waals surface area (Å²) in [6.45, 7) is 0. The summed E-state index contributed by atoms with van der Waals surface area (Å²) in [5, 5.41) is 0. The molecule has 3 nitrogen and oxygen atoms in total. The topological polar surface area (TPSA) is 48.1 Å². The molecule has 0 saturated carbocycles. The molecule has 1 aromatic carbocycles. The molecule has 0 unspecified atom stereocenters. The SMILES string of the molecule is COc1ccnc(-c2ccccc2N)c1. The molecule has 15 heavy (non-hydrogen) atoms. The maximum atomic E-state index is 5.86. The van der Waals surface area contributed by atoms with Crippen molar-refractivity contribution in [2.24, 2.45) is 0 Å². The van der Waals surface area contributed by atoms with Gasteiger partial charge in [-0.25, -0.2) is 0 Å². The zero-order valence-corrected chi connectivity index (χ0v) is 8.47. The predicted molar refractivity (Wildman–Crippen MR) is 60.6 cm³/mol. The van der Waals surface area contributed by atoms with Gasteiger partial charge in [0.1, 0.15) is 5.75 Å². The summed E-state index contributed by atoms with van der Waals surface area (Å²) in [7, 11) is 1.63. The van der Waals surface area contributed by atoms with Gasteiger partial charge in [-0.15, -0.1) is 0 Å². The molecule has 0 aliphatic heterocycles. The van der Waals surface area contributed by atoms with Crippen LogP contribution in [-0.2, 0) is 0 Å². The first kappa shape index (κ1) is 9.52. The number of rotatable bonds is 2. The smallest absolute Gasteiger partial charge is 0.122 e. The number of nitrogen functional groups attached to an aromatic ring is 1. The molecule has 0 aliphatic rings. The molecule has 0 fully saturated rings. The van der Waals surface area contributed by atoms with Crippen LogP contribution in [0.1, 0.15) is 0 Å². The maximum Gasteiger partial charge on any atom is 0.122 e. The van der Waals surface area contributed by atoms with E-state index in [2.05, 4.69) is 4.98 Å². The average Bonchev–Trinajstić information content (AvgIpc) is 2.30. The maximum absolute atomic E-state index is 5.86. The van der Waals surface area contributed by atoms with E-state index in [9.17, 15) is 0 Å². The normalized spacial score (nSPS) is 9.93. The van der Waals surface area contributed by atoms with Crippen molar-refractivity contribution < 1.29 is 4.74 Å². The van der Waals surface area contributed by atoms with Gasteiger partial charge in [0, 0.05) is 23.5 Å². The number of nitrogens with zero attached hydrogens (tertiary/aromatic N) is 1. The minimum atomic E-state index is 0.721. The molecular weight excluding hydrogens is 188 g/mol. The molecule has 2 rings (SSSR count). The molecule has 0 amide bonds. The largest absolute Gasteiger partial charge is 0.497 e. The highest BCUT2D eigenvalue weighted by atomic mass is 16.5. The molecule has 0 radical (unpaired) electrons. The van der Waals surface area contributed by atoms with E-state index in [1.165, 1.54) is 0 Å². The first-order valence-corrected chi connectivity index (χ1v) is 4.66. The van der Waals surface area contributed by atoms with Gasteiger partial charge in [0.2, 0.25) is 0 Å². The third-order valence-electron chi connectivity index (χ3n) is 2.20. The number of hydrogen-bond acceptors (Lipinski definition) is 3. The molecule has 2 N–H and O–H groups in total. The molecule has 3 heteroatoms. The van der Waals surface area contributed by atoms with Gasteiger partial charge in [-0.05, 0) is 12.1 Å². The summed E-state index contributed by atoms with van der Waals surface area (Å²) in [5.41, 5.74) is 8.34. The highest BCUT2D eigenvalue weighted by molar-refractivity contribution is 5.74. The molecule has 0 bridgehead atoms. The third kappa shape index (κ3) is 1.91. The number of nitrogens with two attached hydrogens (primary N) is 1. The van der Waals surface area contributed by atoms with Crippen LogP contribution in [0.3, 0.4) is 0 Å². The van der Waals surface area contributed by atoms with Crippen LogP contribution in [-0.4, -0.2) is 12.1 Å². The monoisotopic (exact) mass is 200 g/mol. The summed E-state index contributed by atoms with van der Waals surface area (Å²) in [6.07, 6.45) is 1.71. The van der Waals surface area contributed by atoms with Crippen molar-refractivity contribution >= 4 is 5.69 Å². The van der Waals surface area contributed by atoms with E-state index >= 15 is 0 Å². The molecule has 1 aromatic heterocycles. The Labute approximate surface area is 88.5 Å². The lowest BCUT2D eigenvalue weighted by Gasteiger charge is -2.05. The average molecular weight is 200 g/mol. The van der Waals surface area contributed by atoms with Gasteiger partial charge in [-0.1, -0.05) is 18.2 Å². The van der Waals surface area contributed by atoms with E-state index in [-0.39, 0.29) is 0 Å². The van der Waals surface area contributed by atoms with Crippen LogP contribution in [0.5, 0.6) is 5.75 Å². The number of aromatic nitrogens is 1. The number of para-hydroxylation sites is 1. The molecule has 0 aliphatic carbocycles. The van der Waals surface area contributed by atoms with Crippen LogP contribution in [0.4, 0.5) is 5.69 Å². The highest BCUT2D eigenvalue weighted by Crippen LogP contribution is 2.25. The van der Waals surface area contributed by atoms with Gasteiger partial charge < -0.3 is 10.5 Å². The van der Waals surface area contributed by atoms with Gasteiger partial charge >= 0.3 is 0 Å². The first-order chi connectivity index (χ1) is 7.31. The number of ether oxygens (including phenoxy) is 1. The van der Waals surface area contributed by atoms with E-state index in [0.717, 1.165) is 22.7 Å². The lowest BCUT2D eigenvalue weighted by Crippen LogP contribution is -1.92. The summed E-state index contributed by atoms with van der Waals surface area (Å²) < 4.78 is 5.14. The van der Waals surface area contributed by atoms with Crippen LogP contribution >= 0.6 is 0 Å². The summed E-state index contributed by atoms with van der Waals surface area (Å²) in [6, 6.07) is 11.3. The van der Waals surface area contributed by atoms with Crippen molar-refractivity contribution in [3.8, 4) is 17.0 Å². The second-order valence-corrected chi connectivity index (χ2v) is 3.17. The van der Waals surface area contributed by atoms with Crippen LogP contribution < -0.4 is 10.5 Å². The van der Waals surface area contributed by atoms with E-state index in [1.54, 1.807) is 13.3 Å². The zero-order chi connectivity index (χ0) is 10.7. The number of pyridine rings is 1. The van der Waals surface area contributed by atoms with Crippen molar-refractivity contribution in [2.75, 3.05) is 12.8 Å². The van der Waals surface area contributed by atoms with Crippen molar-refractivity contribution in [3.05, 3.63) is 42.6 Å². The van der Waals surface area contributed by atoms with E-state index < -0.39 is 0 Å². The summed E-state index contributed by atoms with van der Waals surface area (Å²) in [5.74, 6) is 0.781. The Morgan fingerprint density at radius 1 is 1.20 bits per heavy atom. The Kier molecular flexibility index (Phi) is 2.54. The first-order valence-electron chi connectivity index (χ1n) is 4.66. The second kappa shape index (κ2) is 4.00. The Hall–Kier alpha value is -2.03. The number of anilines is 1. The fourth-order valence-electron chi connectivity index (χ4n) is 1.42. The quantitative estimate of drug-likeness (QED) is 0.757. The number of hydrogen-bond donors (Lipinski definition) is 1. The Morgan fingerprint density at radius 2 is 2.00 bits per heavy atom. The predicted octanol–water partition coefficient (Wildman–Crippen LogP) is 2.34. The molecule has 2 aromatic rings. The van der Waals surface area contributed by atoms with Gasteiger partial charge in [-0.2, -0.15) is 0 Å². The minimum Gasteiger partial charge on any atom is -0.497 e. The van der Waals surface area contributed by atoms with Gasteiger partial charge in [0.05, 0.1) is 12.8 Å². The lowest BCUT2D eigenvalue weighted by molar-refractivity contribution is 0.414. The fraction of sp³-hybridized carbons (Fsp3) is 0.0833. The standard InChI is InChI=1S/C12H12N2O/c1-15-9-6-7-14-12(8-9)10-4-2-3-5-11(10)13/h2-8H,13H2,1H3. The lowest BCUT2D eigenvalue weighted by atomic mass is 10.1. The molecule has 76 valence electrons. The van der Waals surface area contributed by atoms with Gasteiger partial charge in [0.15, 0.2) is 0 Å². The molecular formula is C12H12N2O. The summed E-state index contributed by atoms with van der Waals surface area (Å²) in [4.78, 5) is 4.26. The van der Waals surface area contributed by atoms with Crippen LogP contribution in [0.2, 0.25) is 0 Å². The number of methoxy groups -OCH3 is 1. The fourth-order valence-corrected chi connectivity index (χ4v) is 1.42. The Bertz CT molecular complexity index is 469. The van der Waals surface area contributed by atoms with Crippen molar-refractivity contribution in [1.29, 1.82) is 0 Å². The third-order valence-corrected chi connectivity index (χ3v) is 2.20. The van der Waals surface area contributed by atoms with Crippen molar-refractivity contribution in [2.45, 2.75) is 0 Å². The Morgan fingerprint density at radius 3 is 2.73 bits per heavy atom. The van der Waals surface area contributed by atoms with Crippen molar-refractivity contribution in [3.63, 3.8) is 0 Å².